The summed E-state index contributed by atoms with van der Waals surface area (Å²) in [7, 11) is 1.61. The summed E-state index contributed by atoms with van der Waals surface area (Å²) in [6.45, 7) is 1.66. The molecule has 0 aromatic heterocycles. The SMILES string of the molecule is CCOc1cc(/C=C2\SC(=Nc3ccc(C(=O)O)cc3)N(C)C2=O)cc(I)c1OCC(=O)O. The molecule has 0 spiro atoms. The molecular weight excluding hydrogens is 563 g/mol. The molecule has 0 unspecified atom stereocenters. The molecule has 1 fully saturated rings. The topological polar surface area (TPSA) is 126 Å². The van der Waals surface area contributed by atoms with Gasteiger partial charge in [-0.3, -0.25) is 9.69 Å². The van der Waals surface area contributed by atoms with Crippen LogP contribution in [0.15, 0.2) is 46.3 Å². The standard InChI is InChI=1S/C22H19IN2O7S/c1-3-31-16-9-12(8-15(23)19(16)32-11-18(26)27)10-17-20(28)25(2)22(33-17)24-14-6-4-13(5-7-14)21(29)30/h4-10H,3,11H2,1-2H3,(H,26,27)(H,29,30)/b17-10-,24-22?. The first-order chi connectivity index (χ1) is 15.7. The molecule has 9 nitrogen and oxygen atoms in total. The molecule has 33 heavy (non-hydrogen) atoms. The van der Waals surface area contributed by atoms with Gasteiger partial charge in [-0.15, -0.1) is 0 Å². The lowest BCUT2D eigenvalue weighted by molar-refractivity contribution is -0.139. The van der Waals surface area contributed by atoms with E-state index >= 15 is 0 Å². The van der Waals surface area contributed by atoms with Crippen LogP contribution < -0.4 is 9.47 Å². The maximum Gasteiger partial charge on any atom is 0.341 e. The number of hydrogen-bond donors (Lipinski definition) is 2. The van der Waals surface area contributed by atoms with E-state index in [-0.39, 0.29) is 11.5 Å². The number of carbonyl (C=O) groups is 3. The van der Waals surface area contributed by atoms with Crippen LogP contribution in [0, 0.1) is 3.57 Å². The van der Waals surface area contributed by atoms with Gasteiger partial charge in [0, 0.05) is 7.05 Å². The number of aromatic carboxylic acids is 1. The van der Waals surface area contributed by atoms with E-state index < -0.39 is 18.5 Å². The van der Waals surface area contributed by atoms with Gasteiger partial charge in [0.05, 0.1) is 26.3 Å². The second-order valence-electron chi connectivity index (χ2n) is 6.67. The highest BCUT2D eigenvalue weighted by atomic mass is 127. The molecule has 0 bridgehead atoms. The number of aliphatic carboxylic acids is 1. The number of carbonyl (C=O) groups excluding carboxylic acids is 1. The minimum absolute atomic E-state index is 0.151. The Morgan fingerprint density at radius 2 is 1.88 bits per heavy atom. The molecule has 2 N–H and O–H groups in total. The quantitative estimate of drug-likeness (QED) is 0.353. The molecule has 1 amide bonds. The third kappa shape index (κ3) is 6.05. The Bertz CT molecular complexity index is 1160. The van der Waals surface area contributed by atoms with Crippen LogP contribution in [0.5, 0.6) is 11.5 Å². The molecule has 1 heterocycles. The smallest absolute Gasteiger partial charge is 0.341 e. The van der Waals surface area contributed by atoms with E-state index in [1.807, 2.05) is 22.6 Å². The van der Waals surface area contributed by atoms with Gasteiger partial charge in [0.1, 0.15) is 0 Å². The molecule has 0 radical (unpaired) electrons. The molecule has 11 heteroatoms. The summed E-state index contributed by atoms with van der Waals surface area (Å²) in [6, 6.07) is 9.49. The van der Waals surface area contributed by atoms with Crippen LogP contribution in [0.1, 0.15) is 22.8 Å². The van der Waals surface area contributed by atoms with Crippen LogP contribution >= 0.6 is 34.4 Å². The highest BCUT2D eigenvalue weighted by molar-refractivity contribution is 14.1. The maximum atomic E-state index is 12.7. The molecule has 0 saturated carbocycles. The van der Waals surface area contributed by atoms with Gasteiger partial charge in [-0.1, -0.05) is 0 Å². The second-order valence-corrected chi connectivity index (χ2v) is 8.84. The molecule has 1 aliphatic heterocycles. The molecule has 0 aliphatic carbocycles. The van der Waals surface area contributed by atoms with Crippen LogP contribution in [-0.4, -0.2) is 58.4 Å². The summed E-state index contributed by atoms with van der Waals surface area (Å²) in [5, 5.41) is 18.4. The number of rotatable bonds is 8. The fourth-order valence-corrected chi connectivity index (χ4v) is 4.57. The Hall–Kier alpha value is -3.06. The number of benzene rings is 2. The third-order valence-corrected chi connectivity index (χ3v) is 6.17. The van der Waals surface area contributed by atoms with Crippen LogP contribution in [0.25, 0.3) is 6.08 Å². The van der Waals surface area contributed by atoms with E-state index in [1.54, 1.807) is 44.3 Å². The van der Waals surface area contributed by atoms with E-state index in [2.05, 4.69) is 4.99 Å². The molecule has 172 valence electrons. The molecule has 0 atom stereocenters. The average Bonchev–Trinajstić information content (AvgIpc) is 3.01. The van der Waals surface area contributed by atoms with Crippen molar-refractivity contribution in [1.29, 1.82) is 0 Å². The van der Waals surface area contributed by atoms with E-state index in [1.165, 1.54) is 28.8 Å². The van der Waals surface area contributed by atoms with Gasteiger partial charge < -0.3 is 19.7 Å². The maximum absolute atomic E-state index is 12.7. The van der Waals surface area contributed by atoms with Gasteiger partial charge >= 0.3 is 11.9 Å². The van der Waals surface area contributed by atoms with Crippen molar-refractivity contribution in [3.63, 3.8) is 0 Å². The lowest BCUT2D eigenvalue weighted by Gasteiger charge is -2.13. The van der Waals surface area contributed by atoms with Crippen molar-refractivity contribution in [1.82, 2.24) is 4.90 Å². The van der Waals surface area contributed by atoms with Gasteiger partial charge in [-0.05, 0) is 89.3 Å². The van der Waals surface area contributed by atoms with Crippen molar-refractivity contribution >= 4 is 69.1 Å². The zero-order valence-corrected chi connectivity index (χ0v) is 20.5. The van der Waals surface area contributed by atoms with E-state index in [0.29, 0.717) is 43.0 Å². The Labute approximate surface area is 207 Å². The summed E-state index contributed by atoms with van der Waals surface area (Å²) < 4.78 is 11.6. The lowest BCUT2D eigenvalue weighted by Crippen LogP contribution is -2.23. The zero-order chi connectivity index (χ0) is 24.1. The molecule has 1 aliphatic rings. The summed E-state index contributed by atoms with van der Waals surface area (Å²) in [6.07, 6.45) is 1.70. The predicted octanol–water partition coefficient (Wildman–Crippen LogP) is 4.09. The van der Waals surface area contributed by atoms with E-state index in [0.717, 1.165) is 0 Å². The summed E-state index contributed by atoms with van der Waals surface area (Å²) in [5.41, 5.74) is 1.36. The number of aliphatic imine (C=N–C) groups is 1. The Balaban J connectivity index is 1.89. The summed E-state index contributed by atoms with van der Waals surface area (Å²) >= 11 is 3.21. The number of ether oxygens (including phenoxy) is 2. The van der Waals surface area contributed by atoms with E-state index in [4.69, 9.17) is 19.7 Å². The monoisotopic (exact) mass is 582 g/mol. The van der Waals surface area contributed by atoms with Crippen LogP contribution in [0.2, 0.25) is 0 Å². The van der Waals surface area contributed by atoms with Crippen LogP contribution in [0.4, 0.5) is 5.69 Å². The number of halogens is 1. The minimum Gasteiger partial charge on any atom is -0.490 e. The van der Waals surface area contributed by atoms with Gasteiger partial charge in [0.15, 0.2) is 23.3 Å². The number of carboxylic acid groups (broad SMARTS) is 2. The number of thioether (sulfide) groups is 1. The number of likely N-dealkylation sites (N-methyl/N-ethyl adjacent to an activating group) is 1. The molecule has 2 aromatic carbocycles. The molecule has 1 saturated heterocycles. The average molecular weight is 582 g/mol. The van der Waals surface area contributed by atoms with Crippen molar-refractivity contribution in [2.45, 2.75) is 6.92 Å². The summed E-state index contributed by atoms with van der Waals surface area (Å²) in [5.74, 6) is -1.65. The Morgan fingerprint density at radius 3 is 2.48 bits per heavy atom. The van der Waals surface area contributed by atoms with Crippen molar-refractivity contribution in [2.75, 3.05) is 20.3 Å². The Morgan fingerprint density at radius 1 is 1.18 bits per heavy atom. The van der Waals surface area contributed by atoms with Crippen molar-refractivity contribution < 1.29 is 34.1 Å². The Kier molecular flexibility index (Phi) is 7.97. The van der Waals surface area contributed by atoms with Crippen LogP contribution in [-0.2, 0) is 9.59 Å². The second kappa shape index (κ2) is 10.7. The first kappa shape index (κ1) is 24.6. The lowest BCUT2D eigenvalue weighted by atomic mass is 10.2. The first-order valence-corrected chi connectivity index (χ1v) is 11.5. The van der Waals surface area contributed by atoms with Gasteiger partial charge in [-0.25, -0.2) is 14.6 Å². The van der Waals surface area contributed by atoms with Crippen molar-refractivity contribution in [2.24, 2.45) is 4.99 Å². The minimum atomic E-state index is -1.10. The fourth-order valence-electron chi connectivity index (χ4n) is 2.80. The fraction of sp³-hybridized carbons (Fsp3) is 0.182. The van der Waals surface area contributed by atoms with Gasteiger partial charge in [0.2, 0.25) is 0 Å². The highest BCUT2D eigenvalue weighted by Gasteiger charge is 2.30. The number of carboxylic acids is 2. The number of nitrogens with zero attached hydrogens (tertiary/aromatic N) is 2. The number of amidine groups is 1. The first-order valence-electron chi connectivity index (χ1n) is 9.60. The molecule has 3 rings (SSSR count). The highest BCUT2D eigenvalue weighted by Crippen LogP contribution is 2.37. The van der Waals surface area contributed by atoms with Gasteiger partial charge in [0.25, 0.3) is 5.91 Å². The number of amides is 1. The van der Waals surface area contributed by atoms with Crippen molar-refractivity contribution in [3.8, 4) is 11.5 Å². The third-order valence-electron chi connectivity index (χ3n) is 4.31. The normalized spacial score (nSPS) is 15.8. The zero-order valence-electron chi connectivity index (χ0n) is 17.6. The molecule has 2 aromatic rings. The van der Waals surface area contributed by atoms with Gasteiger partial charge in [-0.2, -0.15) is 0 Å². The van der Waals surface area contributed by atoms with E-state index in [9.17, 15) is 14.4 Å². The molecular formula is C22H19IN2O7S. The number of hydrogen-bond acceptors (Lipinski definition) is 7. The van der Waals surface area contributed by atoms with Crippen LogP contribution in [0.3, 0.4) is 0 Å². The van der Waals surface area contributed by atoms with Crippen molar-refractivity contribution in [3.05, 3.63) is 56.0 Å². The summed E-state index contributed by atoms with van der Waals surface area (Å²) in [4.78, 5) is 40.9. The predicted molar refractivity (Wildman–Crippen MR) is 132 cm³/mol. The largest absolute Gasteiger partial charge is 0.490 e.